The van der Waals surface area contributed by atoms with Crippen LogP contribution in [0.4, 0.5) is 0 Å². The number of rotatable bonds is 8. The normalized spacial score (nSPS) is 16.5. The molecule has 0 radical (unpaired) electrons. The number of unbranched alkanes of at least 4 members (excludes halogenated alkanes) is 2. The molecular formula is C20H41B. The Morgan fingerprint density at radius 1 is 0.905 bits per heavy atom. The van der Waals surface area contributed by atoms with E-state index < -0.39 is 0 Å². The summed E-state index contributed by atoms with van der Waals surface area (Å²) in [6, 6.07) is 0. The molecule has 0 aliphatic heterocycles. The van der Waals surface area contributed by atoms with Crippen molar-refractivity contribution in [3.63, 3.8) is 0 Å². The van der Waals surface area contributed by atoms with Crippen LogP contribution in [0.15, 0.2) is 11.5 Å². The molecule has 2 atom stereocenters. The maximum Gasteiger partial charge on any atom is 0.177 e. The molecule has 0 bridgehead atoms. The topological polar surface area (TPSA) is 0 Å². The third-order valence-electron chi connectivity index (χ3n) is 5.38. The first kappa shape index (κ1) is 20.8. The van der Waals surface area contributed by atoms with Crippen LogP contribution in [0.3, 0.4) is 0 Å². The van der Waals surface area contributed by atoms with Crippen LogP contribution in [-0.2, 0) is 0 Å². The van der Waals surface area contributed by atoms with Gasteiger partial charge in [0.1, 0.15) is 0 Å². The summed E-state index contributed by atoms with van der Waals surface area (Å²) in [5.41, 5.74) is 1.99. The Morgan fingerprint density at radius 3 is 1.62 bits per heavy atom. The lowest BCUT2D eigenvalue weighted by molar-refractivity contribution is 0.502. The fourth-order valence-corrected chi connectivity index (χ4v) is 3.28. The number of hydrogen-bond donors (Lipinski definition) is 0. The molecule has 124 valence electrons. The van der Waals surface area contributed by atoms with Crippen molar-refractivity contribution in [1.29, 1.82) is 0 Å². The van der Waals surface area contributed by atoms with Gasteiger partial charge in [-0.15, -0.1) is 0 Å². The summed E-state index contributed by atoms with van der Waals surface area (Å²) in [5, 5.41) is 0. The van der Waals surface area contributed by atoms with Gasteiger partial charge in [0, 0.05) is 0 Å². The van der Waals surface area contributed by atoms with Crippen molar-refractivity contribution in [2.75, 3.05) is 0 Å². The zero-order valence-electron chi connectivity index (χ0n) is 16.6. The molecule has 0 aromatic rings. The van der Waals surface area contributed by atoms with Crippen LogP contribution in [0.1, 0.15) is 88.5 Å². The van der Waals surface area contributed by atoms with Crippen molar-refractivity contribution in [3.8, 4) is 0 Å². The first-order chi connectivity index (χ1) is 9.53. The first-order valence-electron chi connectivity index (χ1n) is 9.24. The van der Waals surface area contributed by atoms with E-state index in [1.165, 1.54) is 19.3 Å². The predicted molar refractivity (Wildman–Crippen MR) is 101 cm³/mol. The molecule has 0 saturated heterocycles. The van der Waals surface area contributed by atoms with Gasteiger partial charge >= 0.3 is 0 Å². The highest BCUT2D eigenvalue weighted by molar-refractivity contribution is 6.70. The van der Waals surface area contributed by atoms with Crippen LogP contribution < -0.4 is 0 Å². The van der Waals surface area contributed by atoms with E-state index >= 15 is 0 Å². The lowest BCUT2D eigenvalue weighted by Gasteiger charge is -2.39. The zero-order valence-corrected chi connectivity index (χ0v) is 16.6. The Morgan fingerprint density at radius 2 is 1.33 bits per heavy atom. The van der Waals surface area contributed by atoms with Crippen LogP contribution in [0.5, 0.6) is 0 Å². The predicted octanol–water partition coefficient (Wildman–Crippen LogP) is 7.28. The van der Waals surface area contributed by atoms with Crippen molar-refractivity contribution >= 4 is 6.71 Å². The lowest BCUT2D eigenvalue weighted by atomic mass is 9.25. The molecule has 0 aliphatic rings. The van der Waals surface area contributed by atoms with Crippen LogP contribution in [-0.4, -0.2) is 6.71 Å². The molecule has 0 amide bonds. The smallest absolute Gasteiger partial charge is 0.0992 e. The van der Waals surface area contributed by atoms with Gasteiger partial charge < -0.3 is 0 Å². The van der Waals surface area contributed by atoms with Gasteiger partial charge in [0.25, 0.3) is 0 Å². The van der Waals surface area contributed by atoms with Crippen LogP contribution >= 0.6 is 0 Å². The molecule has 0 heterocycles. The van der Waals surface area contributed by atoms with Gasteiger partial charge in [0.15, 0.2) is 6.71 Å². The zero-order chi connectivity index (χ0) is 16.8. The van der Waals surface area contributed by atoms with E-state index in [0.717, 1.165) is 23.5 Å². The van der Waals surface area contributed by atoms with Gasteiger partial charge in [-0.2, -0.15) is 0 Å². The van der Waals surface area contributed by atoms with E-state index in [0.29, 0.717) is 6.71 Å². The molecule has 0 fully saturated rings. The summed E-state index contributed by atoms with van der Waals surface area (Å²) in [5.74, 6) is 2.98. The van der Waals surface area contributed by atoms with Gasteiger partial charge in [0.05, 0.1) is 0 Å². The highest BCUT2D eigenvalue weighted by Gasteiger charge is 2.38. The maximum absolute atomic E-state index is 2.59. The highest BCUT2D eigenvalue weighted by atomic mass is 14.2. The van der Waals surface area contributed by atoms with E-state index in [1.807, 2.05) is 0 Å². The van der Waals surface area contributed by atoms with Crippen molar-refractivity contribution in [3.05, 3.63) is 11.5 Å². The average molecular weight is 292 g/mol. The summed E-state index contributed by atoms with van der Waals surface area (Å²) < 4.78 is 0. The van der Waals surface area contributed by atoms with E-state index in [-0.39, 0.29) is 5.41 Å². The molecule has 1 heteroatoms. The molecular weight excluding hydrogens is 251 g/mol. The Bertz CT molecular complexity index is 292. The third kappa shape index (κ3) is 6.62. The lowest BCUT2D eigenvalue weighted by Crippen LogP contribution is -2.37. The van der Waals surface area contributed by atoms with Gasteiger partial charge in [-0.05, 0) is 11.8 Å². The fourth-order valence-electron chi connectivity index (χ4n) is 3.28. The number of hydrogen-bond acceptors (Lipinski definition) is 0. The molecule has 0 aromatic carbocycles. The van der Waals surface area contributed by atoms with Gasteiger partial charge in [-0.25, -0.2) is 0 Å². The summed E-state index contributed by atoms with van der Waals surface area (Å²) in [7, 11) is 0. The summed E-state index contributed by atoms with van der Waals surface area (Å²) >= 11 is 0. The molecule has 0 nitrogen and oxygen atoms in total. The van der Waals surface area contributed by atoms with E-state index in [9.17, 15) is 0 Å². The third-order valence-corrected chi connectivity index (χ3v) is 5.38. The van der Waals surface area contributed by atoms with Crippen LogP contribution in [0, 0.1) is 17.3 Å². The molecule has 0 aromatic heterocycles. The first-order valence-corrected chi connectivity index (χ1v) is 9.24. The number of allylic oxidation sites excluding steroid dienone is 2. The van der Waals surface area contributed by atoms with Gasteiger partial charge in [-0.3, -0.25) is 0 Å². The second-order valence-corrected chi connectivity index (χ2v) is 8.78. The summed E-state index contributed by atoms with van der Waals surface area (Å²) in [4.78, 5) is 0. The van der Waals surface area contributed by atoms with Crippen molar-refractivity contribution < 1.29 is 0 Å². The average Bonchev–Trinajstić information content (AvgIpc) is 2.35. The van der Waals surface area contributed by atoms with E-state index in [2.05, 4.69) is 75.3 Å². The maximum atomic E-state index is 2.59. The molecule has 0 rings (SSSR count). The minimum Gasteiger partial charge on any atom is -0.0992 e. The Kier molecular flexibility index (Phi) is 8.97. The standard InChI is InChI=1S/C20H41B/c1-11-12-13-14-19(20(8,9)10)21(17(6)15(2)3)18(7)16(4)5/h14-18H,11-13H2,1-10H3/b19-14+. The quantitative estimate of drug-likeness (QED) is 0.326. The monoisotopic (exact) mass is 292 g/mol. The molecule has 0 aliphatic carbocycles. The van der Waals surface area contributed by atoms with E-state index in [4.69, 9.17) is 0 Å². The van der Waals surface area contributed by atoms with E-state index in [1.54, 1.807) is 5.47 Å². The minimum atomic E-state index is 0.282. The summed E-state index contributed by atoms with van der Waals surface area (Å²) in [6.45, 7) is 24.7. The Balaban J connectivity index is 5.62. The molecule has 0 spiro atoms. The van der Waals surface area contributed by atoms with Gasteiger partial charge in [-0.1, -0.05) is 117 Å². The van der Waals surface area contributed by atoms with Crippen molar-refractivity contribution in [1.82, 2.24) is 0 Å². The SMILES string of the molecule is CCCC/C=C(/B(C(C)C(C)C)C(C)C(C)C)C(C)(C)C. The summed E-state index contributed by atoms with van der Waals surface area (Å²) in [6.07, 6.45) is 6.44. The molecule has 0 saturated carbocycles. The Labute approximate surface area is 136 Å². The van der Waals surface area contributed by atoms with Crippen molar-refractivity contribution in [2.45, 2.75) is 100 Å². The van der Waals surface area contributed by atoms with Gasteiger partial charge in [0.2, 0.25) is 0 Å². The second kappa shape index (κ2) is 9.06. The fraction of sp³-hybridized carbons (Fsp3) is 0.900. The minimum absolute atomic E-state index is 0.282. The van der Waals surface area contributed by atoms with Crippen LogP contribution in [0.2, 0.25) is 11.6 Å². The molecule has 0 N–H and O–H groups in total. The molecule has 21 heavy (non-hydrogen) atoms. The van der Waals surface area contributed by atoms with Crippen LogP contribution in [0.25, 0.3) is 0 Å². The Hall–Kier alpha value is -0.195. The molecule has 2 unspecified atom stereocenters. The van der Waals surface area contributed by atoms with Crippen molar-refractivity contribution in [2.24, 2.45) is 17.3 Å². The second-order valence-electron chi connectivity index (χ2n) is 8.78. The largest absolute Gasteiger partial charge is 0.177 e. The highest BCUT2D eigenvalue weighted by Crippen LogP contribution is 2.42.